The highest BCUT2D eigenvalue weighted by molar-refractivity contribution is 7.20. The Bertz CT molecular complexity index is 1170. The number of fused-ring (bicyclic) bond motifs is 2. The summed E-state index contributed by atoms with van der Waals surface area (Å²) in [6.45, 7) is 1.91. The van der Waals surface area contributed by atoms with Crippen LogP contribution in [0.4, 0.5) is 0 Å². The van der Waals surface area contributed by atoms with Crippen molar-refractivity contribution in [1.29, 1.82) is 0 Å². The van der Waals surface area contributed by atoms with Crippen molar-refractivity contribution in [2.45, 2.75) is 25.7 Å². The van der Waals surface area contributed by atoms with Gasteiger partial charge in [0.15, 0.2) is 5.78 Å². The average molecular weight is 389 g/mol. The molecule has 0 amide bonds. The third kappa shape index (κ3) is 2.64. The number of ketones is 1. The van der Waals surface area contributed by atoms with E-state index < -0.39 is 0 Å². The molecule has 0 fully saturated rings. The normalized spacial score (nSPS) is 16.4. The lowest BCUT2D eigenvalue weighted by Crippen LogP contribution is -2.21. The van der Waals surface area contributed by atoms with Gasteiger partial charge in [0.1, 0.15) is 5.75 Å². The van der Waals surface area contributed by atoms with Gasteiger partial charge in [0.25, 0.3) is 0 Å². The minimum absolute atomic E-state index is 0.0698. The van der Waals surface area contributed by atoms with E-state index in [-0.39, 0.29) is 11.7 Å². The zero-order chi connectivity index (χ0) is 19.3. The zero-order valence-corrected chi connectivity index (χ0v) is 16.5. The van der Waals surface area contributed by atoms with Crippen LogP contribution in [0.15, 0.2) is 48.5 Å². The van der Waals surface area contributed by atoms with Crippen molar-refractivity contribution in [3.8, 4) is 10.9 Å². The van der Waals surface area contributed by atoms with Crippen molar-refractivity contribution < 1.29 is 9.53 Å². The largest absolute Gasteiger partial charge is 0.496 e. The second kappa shape index (κ2) is 6.56. The van der Waals surface area contributed by atoms with Gasteiger partial charge in [-0.2, -0.15) is 5.10 Å². The Balaban J connectivity index is 1.63. The molecule has 2 heterocycles. The number of thiazole rings is 1. The Morgan fingerprint density at radius 3 is 2.71 bits per heavy atom. The summed E-state index contributed by atoms with van der Waals surface area (Å²) in [6.07, 6.45) is 1.21. The van der Waals surface area contributed by atoms with E-state index >= 15 is 0 Å². The molecule has 0 aliphatic heterocycles. The number of aromatic nitrogens is 3. The molecule has 0 radical (unpaired) electrons. The molecule has 0 saturated heterocycles. The molecule has 6 heteroatoms. The van der Waals surface area contributed by atoms with Crippen LogP contribution >= 0.6 is 11.3 Å². The van der Waals surface area contributed by atoms with E-state index in [1.165, 1.54) is 0 Å². The van der Waals surface area contributed by atoms with Crippen LogP contribution in [0.3, 0.4) is 0 Å². The van der Waals surface area contributed by atoms with Gasteiger partial charge in [0.2, 0.25) is 5.13 Å². The number of carbonyl (C=O) groups is 1. The Kier molecular flexibility index (Phi) is 4.02. The summed E-state index contributed by atoms with van der Waals surface area (Å²) in [5.74, 6) is 1.04. The first-order valence-electron chi connectivity index (χ1n) is 9.26. The van der Waals surface area contributed by atoms with Crippen LogP contribution in [0.5, 0.6) is 5.75 Å². The number of hydrogen-bond donors (Lipinski definition) is 0. The summed E-state index contributed by atoms with van der Waals surface area (Å²) in [5, 5.41) is 5.50. The van der Waals surface area contributed by atoms with Gasteiger partial charge in [-0.1, -0.05) is 41.7 Å². The minimum Gasteiger partial charge on any atom is -0.496 e. The van der Waals surface area contributed by atoms with Crippen LogP contribution in [0.1, 0.15) is 39.6 Å². The molecule has 1 aliphatic rings. The maximum Gasteiger partial charge on any atom is 0.211 e. The van der Waals surface area contributed by atoms with Gasteiger partial charge in [-0.05, 0) is 37.1 Å². The first-order valence-corrected chi connectivity index (χ1v) is 10.1. The third-order valence-electron chi connectivity index (χ3n) is 5.35. The molecular formula is C22H19N3O2S. The fraction of sp³-hybridized carbons (Fsp3) is 0.227. The maximum absolute atomic E-state index is 13.0. The summed E-state index contributed by atoms with van der Waals surface area (Å²) in [6, 6.07) is 16.0. The number of hydrogen-bond acceptors (Lipinski definition) is 5. The molecule has 0 spiro atoms. The average Bonchev–Trinajstić information content (AvgIpc) is 3.29. The number of aryl methyl sites for hydroxylation is 1. The molecule has 5 nitrogen and oxygen atoms in total. The standard InChI is InChI=1S/C22H19N3O2S/c1-13-21-17(25(24-13)22-23-16-8-4-6-10-20(16)28-22)11-14(12-18(21)26)15-7-3-5-9-19(15)27-2/h3-10,14H,11-12H2,1-2H3/t14-/m0/s1. The van der Waals surface area contributed by atoms with Crippen LogP contribution < -0.4 is 4.74 Å². The Morgan fingerprint density at radius 2 is 1.89 bits per heavy atom. The first-order chi connectivity index (χ1) is 13.7. The topological polar surface area (TPSA) is 57.0 Å². The molecule has 1 aliphatic carbocycles. The van der Waals surface area contributed by atoms with Gasteiger partial charge in [-0.15, -0.1) is 0 Å². The number of rotatable bonds is 3. The van der Waals surface area contributed by atoms with Crippen molar-refractivity contribution in [2.75, 3.05) is 7.11 Å². The van der Waals surface area contributed by atoms with Gasteiger partial charge in [-0.25, -0.2) is 9.67 Å². The predicted molar refractivity (Wildman–Crippen MR) is 110 cm³/mol. The Hall–Kier alpha value is -2.99. The number of para-hydroxylation sites is 2. The summed E-state index contributed by atoms with van der Waals surface area (Å²) in [5.41, 5.74) is 4.50. The number of benzene rings is 2. The second-order valence-electron chi connectivity index (χ2n) is 7.05. The van der Waals surface area contributed by atoms with E-state index in [1.807, 2.05) is 54.1 Å². The number of carbonyl (C=O) groups excluding carboxylic acids is 1. The highest BCUT2D eigenvalue weighted by Gasteiger charge is 2.33. The molecule has 0 bridgehead atoms. The lowest BCUT2D eigenvalue weighted by molar-refractivity contribution is 0.0963. The lowest BCUT2D eigenvalue weighted by Gasteiger charge is -2.24. The molecule has 140 valence electrons. The lowest BCUT2D eigenvalue weighted by atomic mass is 9.81. The van der Waals surface area contributed by atoms with Crippen molar-refractivity contribution in [3.63, 3.8) is 0 Å². The second-order valence-corrected chi connectivity index (χ2v) is 8.06. The van der Waals surface area contributed by atoms with Gasteiger partial charge >= 0.3 is 0 Å². The number of ether oxygens (including phenoxy) is 1. The van der Waals surface area contributed by atoms with Gasteiger partial charge in [0, 0.05) is 12.3 Å². The Labute approximate surface area is 166 Å². The summed E-state index contributed by atoms with van der Waals surface area (Å²) in [4.78, 5) is 17.7. The van der Waals surface area contributed by atoms with Gasteiger partial charge in [0.05, 0.1) is 34.3 Å². The summed E-state index contributed by atoms with van der Waals surface area (Å²) < 4.78 is 8.52. The highest BCUT2D eigenvalue weighted by atomic mass is 32.1. The van der Waals surface area contributed by atoms with Crippen molar-refractivity contribution >= 4 is 27.3 Å². The number of nitrogens with zero attached hydrogens (tertiary/aromatic N) is 3. The fourth-order valence-corrected chi connectivity index (χ4v) is 5.03. The molecule has 2 aromatic heterocycles. The van der Waals surface area contributed by atoms with E-state index in [0.29, 0.717) is 6.42 Å². The van der Waals surface area contributed by atoms with E-state index in [0.717, 1.165) is 50.0 Å². The van der Waals surface area contributed by atoms with Crippen LogP contribution in [-0.2, 0) is 6.42 Å². The molecular weight excluding hydrogens is 370 g/mol. The van der Waals surface area contributed by atoms with Gasteiger partial charge < -0.3 is 4.74 Å². The monoisotopic (exact) mass is 389 g/mol. The maximum atomic E-state index is 13.0. The highest BCUT2D eigenvalue weighted by Crippen LogP contribution is 2.39. The minimum atomic E-state index is 0.0698. The molecule has 0 unspecified atom stereocenters. The molecule has 5 rings (SSSR count). The van der Waals surface area contributed by atoms with Crippen molar-refractivity contribution in [3.05, 3.63) is 71.0 Å². The molecule has 2 aromatic carbocycles. The first kappa shape index (κ1) is 17.1. The number of methoxy groups -OCH3 is 1. The molecule has 0 N–H and O–H groups in total. The third-order valence-corrected chi connectivity index (χ3v) is 6.36. The quantitative estimate of drug-likeness (QED) is 0.509. The predicted octanol–water partition coefficient (Wildman–Crippen LogP) is 4.71. The van der Waals surface area contributed by atoms with Crippen LogP contribution in [0.2, 0.25) is 0 Å². The van der Waals surface area contributed by atoms with E-state index in [2.05, 4.69) is 6.07 Å². The van der Waals surface area contributed by atoms with Crippen LogP contribution in [0, 0.1) is 6.92 Å². The van der Waals surface area contributed by atoms with Crippen molar-refractivity contribution in [1.82, 2.24) is 14.8 Å². The summed E-state index contributed by atoms with van der Waals surface area (Å²) >= 11 is 1.60. The van der Waals surface area contributed by atoms with Crippen LogP contribution in [0.25, 0.3) is 15.3 Å². The smallest absolute Gasteiger partial charge is 0.211 e. The van der Waals surface area contributed by atoms with E-state index in [4.69, 9.17) is 14.8 Å². The zero-order valence-electron chi connectivity index (χ0n) is 15.7. The Morgan fingerprint density at radius 1 is 1.11 bits per heavy atom. The SMILES string of the molecule is COc1ccccc1[C@@H]1CC(=O)c2c(C)nn(-c3nc4ccccc4s3)c2C1. The van der Waals surface area contributed by atoms with E-state index in [9.17, 15) is 4.79 Å². The fourth-order valence-electron chi connectivity index (χ4n) is 4.09. The van der Waals surface area contributed by atoms with Gasteiger partial charge in [-0.3, -0.25) is 4.79 Å². The van der Waals surface area contributed by atoms with Crippen molar-refractivity contribution in [2.24, 2.45) is 0 Å². The number of Topliss-reactive ketones (excluding diaryl/α,β-unsaturated/α-hetero) is 1. The molecule has 1 atom stereocenters. The molecule has 4 aromatic rings. The van der Waals surface area contributed by atoms with Crippen LogP contribution in [-0.4, -0.2) is 27.7 Å². The molecule has 0 saturated carbocycles. The summed E-state index contributed by atoms with van der Waals surface area (Å²) in [7, 11) is 1.67. The van der Waals surface area contributed by atoms with E-state index in [1.54, 1.807) is 18.4 Å². The molecule has 28 heavy (non-hydrogen) atoms.